The van der Waals surface area contributed by atoms with Gasteiger partial charge in [0, 0.05) is 0 Å². The normalized spacial score (nSPS) is 11.5. The summed E-state index contributed by atoms with van der Waals surface area (Å²) in [4.78, 5) is 0. The molecule has 0 N–H and O–H groups in total. The molecule has 1 aromatic rings. The van der Waals surface area contributed by atoms with Crippen molar-refractivity contribution in [3.63, 3.8) is 0 Å². The fourth-order valence-corrected chi connectivity index (χ4v) is 0.590. The Morgan fingerprint density at radius 1 is 1.45 bits per heavy atom. The molecule has 0 aliphatic heterocycles. The van der Waals surface area contributed by atoms with Gasteiger partial charge in [-0.25, -0.2) is 0 Å². The van der Waals surface area contributed by atoms with Crippen LogP contribution in [0.5, 0.6) is 0 Å². The highest BCUT2D eigenvalue weighted by atomic mass is 19.4. The van der Waals surface area contributed by atoms with Gasteiger partial charge in [-0.2, -0.15) is 13.2 Å². The molecule has 0 aromatic carbocycles. The minimum Gasteiger partial charge on any atom is -0.464 e. The van der Waals surface area contributed by atoms with Crippen molar-refractivity contribution >= 4 is 5.57 Å². The lowest BCUT2D eigenvalue weighted by molar-refractivity contribution is -0.0697. The van der Waals surface area contributed by atoms with Gasteiger partial charge in [0.2, 0.25) is 0 Å². The van der Waals surface area contributed by atoms with E-state index in [0.717, 1.165) is 0 Å². The van der Waals surface area contributed by atoms with Crippen molar-refractivity contribution in [1.82, 2.24) is 0 Å². The fourth-order valence-electron chi connectivity index (χ4n) is 0.590. The standard InChI is InChI=1S/C7H5F3O/c1-5(7(8,9)10)6-3-2-4-11-6/h2-4H,1H2. The minimum absolute atomic E-state index is 0.238. The molecule has 0 saturated carbocycles. The molecule has 11 heavy (non-hydrogen) atoms. The smallest absolute Gasteiger partial charge is 0.419 e. The van der Waals surface area contributed by atoms with Gasteiger partial charge in [0.05, 0.1) is 11.8 Å². The quantitative estimate of drug-likeness (QED) is 0.618. The topological polar surface area (TPSA) is 13.1 Å². The number of halogens is 3. The van der Waals surface area contributed by atoms with Crippen LogP contribution in [-0.2, 0) is 0 Å². The van der Waals surface area contributed by atoms with Gasteiger partial charge in [-0.1, -0.05) is 6.58 Å². The molecule has 0 fully saturated rings. The Morgan fingerprint density at radius 2 is 2.09 bits per heavy atom. The molecule has 1 heterocycles. The largest absolute Gasteiger partial charge is 0.464 e. The van der Waals surface area contributed by atoms with Gasteiger partial charge in [-0.05, 0) is 12.1 Å². The average molecular weight is 162 g/mol. The van der Waals surface area contributed by atoms with Gasteiger partial charge in [-0.15, -0.1) is 0 Å². The second kappa shape index (κ2) is 2.45. The third kappa shape index (κ3) is 1.63. The third-order valence-corrected chi connectivity index (χ3v) is 1.16. The first kappa shape index (κ1) is 7.91. The van der Waals surface area contributed by atoms with Crippen molar-refractivity contribution in [2.75, 3.05) is 0 Å². The zero-order valence-electron chi connectivity index (χ0n) is 5.48. The molecule has 0 bridgehead atoms. The number of hydrogen-bond donors (Lipinski definition) is 0. The number of alkyl halides is 3. The number of allylic oxidation sites excluding steroid dienone is 1. The van der Waals surface area contributed by atoms with Crippen LogP contribution in [0.25, 0.3) is 5.57 Å². The van der Waals surface area contributed by atoms with E-state index in [1.54, 1.807) is 0 Å². The molecule has 0 aliphatic carbocycles. The molecule has 1 rings (SSSR count). The summed E-state index contributed by atoms with van der Waals surface area (Å²) >= 11 is 0. The van der Waals surface area contributed by atoms with Crippen LogP contribution in [0.4, 0.5) is 13.2 Å². The van der Waals surface area contributed by atoms with Gasteiger partial charge < -0.3 is 4.42 Å². The summed E-state index contributed by atoms with van der Waals surface area (Å²) in [7, 11) is 0. The molecule has 1 aromatic heterocycles. The third-order valence-electron chi connectivity index (χ3n) is 1.16. The van der Waals surface area contributed by atoms with Crippen molar-refractivity contribution in [1.29, 1.82) is 0 Å². The Morgan fingerprint density at radius 3 is 2.45 bits per heavy atom. The van der Waals surface area contributed by atoms with E-state index in [-0.39, 0.29) is 5.76 Å². The maximum absolute atomic E-state index is 11.9. The first-order valence-corrected chi connectivity index (χ1v) is 2.82. The van der Waals surface area contributed by atoms with Crippen molar-refractivity contribution in [3.05, 3.63) is 30.7 Å². The minimum atomic E-state index is -4.40. The Bertz CT molecular complexity index is 245. The average Bonchev–Trinajstić information content (AvgIpc) is 2.34. The van der Waals surface area contributed by atoms with Crippen molar-refractivity contribution in [3.8, 4) is 0 Å². The Hall–Kier alpha value is -1.19. The van der Waals surface area contributed by atoms with E-state index in [4.69, 9.17) is 0 Å². The maximum Gasteiger partial charge on any atom is 0.419 e. The number of furan rings is 1. The second-order valence-corrected chi connectivity index (χ2v) is 1.95. The summed E-state index contributed by atoms with van der Waals surface area (Å²) in [6, 6.07) is 2.60. The van der Waals surface area contributed by atoms with Crippen LogP contribution in [0.1, 0.15) is 5.76 Å². The first-order chi connectivity index (χ1) is 5.02. The predicted octanol–water partition coefficient (Wildman–Crippen LogP) is 2.86. The summed E-state index contributed by atoms with van der Waals surface area (Å²) in [6.45, 7) is 2.85. The predicted molar refractivity (Wildman–Crippen MR) is 33.8 cm³/mol. The lowest BCUT2D eigenvalue weighted by Crippen LogP contribution is -2.08. The molecule has 0 radical (unpaired) electrons. The highest BCUT2D eigenvalue weighted by Crippen LogP contribution is 2.31. The molecule has 0 spiro atoms. The van der Waals surface area contributed by atoms with Crippen molar-refractivity contribution < 1.29 is 17.6 Å². The van der Waals surface area contributed by atoms with Crippen LogP contribution in [0.15, 0.2) is 29.4 Å². The maximum atomic E-state index is 11.9. The highest BCUT2D eigenvalue weighted by Gasteiger charge is 2.34. The van der Waals surface area contributed by atoms with Gasteiger partial charge in [-0.3, -0.25) is 0 Å². The van der Waals surface area contributed by atoms with E-state index in [9.17, 15) is 13.2 Å². The zero-order valence-corrected chi connectivity index (χ0v) is 5.48. The van der Waals surface area contributed by atoms with Crippen LogP contribution >= 0.6 is 0 Å². The summed E-state index contributed by atoms with van der Waals surface area (Å²) in [5.41, 5.74) is -0.956. The molecule has 4 heteroatoms. The lowest BCUT2D eigenvalue weighted by atomic mass is 10.2. The van der Waals surface area contributed by atoms with Gasteiger partial charge in [0.15, 0.2) is 0 Å². The molecular formula is C7H5F3O. The number of hydrogen-bond acceptors (Lipinski definition) is 1. The van der Waals surface area contributed by atoms with E-state index >= 15 is 0 Å². The van der Waals surface area contributed by atoms with Crippen LogP contribution in [0.3, 0.4) is 0 Å². The van der Waals surface area contributed by atoms with Crippen LogP contribution in [0, 0.1) is 0 Å². The lowest BCUT2D eigenvalue weighted by Gasteiger charge is -2.05. The van der Waals surface area contributed by atoms with Gasteiger partial charge in [0.1, 0.15) is 5.76 Å². The van der Waals surface area contributed by atoms with E-state index in [2.05, 4.69) is 11.0 Å². The molecule has 0 atom stereocenters. The van der Waals surface area contributed by atoms with E-state index in [1.165, 1.54) is 18.4 Å². The summed E-state index contributed by atoms with van der Waals surface area (Å²) in [5.74, 6) is -0.238. The highest BCUT2D eigenvalue weighted by molar-refractivity contribution is 5.62. The monoisotopic (exact) mass is 162 g/mol. The summed E-state index contributed by atoms with van der Waals surface area (Å²) in [5, 5.41) is 0. The van der Waals surface area contributed by atoms with Gasteiger partial charge in [0.25, 0.3) is 0 Å². The van der Waals surface area contributed by atoms with E-state index < -0.39 is 11.7 Å². The van der Waals surface area contributed by atoms with Crippen LogP contribution < -0.4 is 0 Å². The van der Waals surface area contributed by atoms with E-state index in [0.29, 0.717) is 0 Å². The van der Waals surface area contributed by atoms with Crippen LogP contribution in [-0.4, -0.2) is 6.18 Å². The first-order valence-electron chi connectivity index (χ1n) is 2.82. The summed E-state index contributed by atoms with van der Waals surface area (Å²) < 4.78 is 40.1. The molecule has 0 unspecified atom stereocenters. The zero-order chi connectivity index (χ0) is 8.48. The molecular weight excluding hydrogens is 157 g/mol. The Kier molecular flexibility index (Phi) is 1.76. The molecule has 0 saturated heterocycles. The Labute approximate surface area is 61.1 Å². The second-order valence-electron chi connectivity index (χ2n) is 1.95. The number of rotatable bonds is 1. The van der Waals surface area contributed by atoms with Crippen molar-refractivity contribution in [2.45, 2.75) is 6.18 Å². The molecule has 60 valence electrons. The van der Waals surface area contributed by atoms with Crippen molar-refractivity contribution in [2.24, 2.45) is 0 Å². The molecule has 0 aliphatic rings. The molecule has 0 amide bonds. The van der Waals surface area contributed by atoms with E-state index in [1.807, 2.05) is 0 Å². The summed E-state index contributed by atoms with van der Waals surface area (Å²) in [6.07, 6.45) is -3.23. The van der Waals surface area contributed by atoms with Gasteiger partial charge >= 0.3 is 6.18 Å². The SMILES string of the molecule is C=C(c1ccco1)C(F)(F)F. The fraction of sp³-hybridized carbons (Fsp3) is 0.143. The molecule has 1 nitrogen and oxygen atoms in total. The Balaban J connectivity index is 2.88. The van der Waals surface area contributed by atoms with Crippen LogP contribution in [0.2, 0.25) is 0 Å².